The Labute approximate surface area is 257 Å². The Balaban J connectivity index is 1.53. The second-order valence-corrected chi connectivity index (χ2v) is 10.5. The Morgan fingerprint density at radius 2 is 1.61 bits per heavy atom. The maximum atomic E-state index is 13.9. The Morgan fingerprint density at radius 1 is 0.977 bits per heavy atom. The first kappa shape index (κ1) is 32.1. The number of carbonyl (C=O) groups is 4. The van der Waals surface area contributed by atoms with Crippen molar-refractivity contribution in [3.05, 3.63) is 72.3 Å². The molecule has 0 aliphatic carbocycles. The second kappa shape index (κ2) is 15.1. The molecule has 13 heteroatoms. The third-order valence-electron chi connectivity index (χ3n) is 7.54. The van der Waals surface area contributed by atoms with Crippen molar-refractivity contribution in [3.63, 3.8) is 0 Å². The summed E-state index contributed by atoms with van der Waals surface area (Å²) in [5.74, 6) is 0.935. The quantitative estimate of drug-likeness (QED) is 0.277. The van der Waals surface area contributed by atoms with Gasteiger partial charge in [-0.3, -0.25) is 9.59 Å². The highest BCUT2D eigenvalue weighted by Gasteiger charge is 2.50. The highest BCUT2D eigenvalue weighted by molar-refractivity contribution is 5.91. The lowest BCUT2D eigenvalue weighted by Gasteiger charge is -2.54. The summed E-state index contributed by atoms with van der Waals surface area (Å²) in [6.07, 6.45) is 0.840. The fraction of sp³-hybridized carbons (Fsp3) is 0.419. The first-order valence-electron chi connectivity index (χ1n) is 14.4. The van der Waals surface area contributed by atoms with Crippen LogP contribution < -0.4 is 20.1 Å². The molecule has 13 nitrogen and oxygen atoms in total. The van der Waals surface area contributed by atoms with Gasteiger partial charge in [0.25, 0.3) is 0 Å². The molecule has 5 amide bonds. The number of carbonyl (C=O) groups excluding carboxylic acids is 4. The molecule has 236 valence electrons. The number of alkyl carbamates (subject to hydrolysis) is 1. The number of nitrogens with one attached hydrogen (secondary N) is 2. The number of hydrogen-bond acceptors (Lipinski definition) is 8. The van der Waals surface area contributed by atoms with Crippen LogP contribution in [-0.4, -0.2) is 103 Å². The molecule has 2 aromatic carbocycles. The molecule has 0 bridgehead atoms. The van der Waals surface area contributed by atoms with Gasteiger partial charge in [0.15, 0.2) is 0 Å². The number of amides is 5. The highest BCUT2D eigenvalue weighted by atomic mass is 16.5. The van der Waals surface area contributed by atoms with E-state index in [1.165, 1.54) is 16.0 Å². The number of likely N-dealkylation sites (N-methyl/N-ethyl adjacent to an activating group) is 1. The van der Waals surface area contributed by atoms with Crippen LogP contribution >= 0.6 is 0 Å². The molecule has 44 heavy (non-hydrogen) atoms. The zero-order chi connectivity index (χ0) is 31.6. The molecule has 2 aromatic rings. The van der Waals surface area contributed by atoms with Gasteiger partial charge in [-0.25, -0.2) is 19.6 Å². The minimum absolute atomic E-state index is 0.0686. The largest absolute Gasteiger partial charge is 0.497 e. The molecule has 2 atom stereocenters. The number of hydrogen-bond donors (Lipinski definition) is 2. The van der Waals surface area contributed by atoms with Crippen LogP contribution in [0.2, 0.25) is 0 Å². The standard InChI is InChI=1S/C31H40N6O7/c1-5-17-44-31(41)32-16-6-7-26-29(39)35(19-23-10-14-25(43-4)15-11-23)20-27-36(26)28(38)21-34(2)37(27)30(40)33-18-22-8-12-24(42-3)13-9-22/h5,8-15,26-27H,1,6-7,16-21H2,2-4H3,(H,32,41)(H,33,40)/t26-,27-/m0/s1. The number of ether oxygens (including phenoxy) is 3. The van der Waals surface area contributed by atoms with Crippen LogP contribution in [0.25, 0.3) is 0 Å². The average Bonchev–Trinajstić information content (AvgIpc) is 3.03. The summed E-state index contributed by atoms with van der Waals surface area (Å²) >= 11 is 0. The van der Waals surface area contributed by atoms with E-state index < -0.39 is 24.3 Å². The van der Waals surface area contributed by atoms with Gasteiger partial charge in [0, 0.05) is 26.7 Å². The molecule has 0 radical (unpaired) electrons. The predicted octanol–water partition coefficient (Wildman–Crippen LogP) is 2.33. The zero-order valence-corrected chi connectivity index (χ0v) is 25.4. The first-order valence-corrected chi connectivity index (χ1v) is 14.4. The summed E-state index contributed by atoms with van der Waals surface area (Å²) in [7, 11) is 4.85. The molecule has 2 aliphatic rings. The van der Waals surface area contributed by atoms with Crippen LogP contribution in [0.3, 0.4) is 0 Å². The Morgan fingerprint density at radius 3 is 2.23 bits per heavy atom. The molecular formula is C31H40N6O7. The predicted molar refractivity (Wildman–Crippen MR) is 161 cm³/mol. The summed E-state index contributed by atoms with van der Waals surface area (Å²) in [6.45, 7) is 4.45. The summed E-state index contributed by atoms with van der Waals surface area (Å²) in [5, 5.41) is 8.70. The number of fused-ring (bicyclic) bond motifs is 1. The van der Waals surface area contributed by atoms with Crippen molar-refractivity contribution in [2.75, 3.05) is 47.5 Å². The number of benzene rings is 2. The van der Waals surface area contributed by atoms with E-state index in [9.17, 15) is 19.2 Å². The smallest absolute Gasteiger partial charge is 0.407 e. The highest BCUT2D eigenvalue weighted by Crippen LogP contribution is 2.29. The molecule has 2 aliphatic heterocycles. The topological polar surface area (TPSA) is 133 Å². The SMILES string of the molecule is C=CCOC(=O)NCCC[C@H]1C(=O)N(Cc2ccc(OC)cc2)C[C@H]2N1C(=O)CN(C)N2C(=O)NCc1ccc(OC)cc1. The normalized spacial score (nSPS) is 18.4. The number of rotatable bonds is 12. The summed E-state index contributed by atoms with van der Waals surface area (Å²) in [4.78, 5) is 56.0. The first-order chi connectivity index (χ1) is 21.2. The van der Waals surface area contributed by atoms with Crippen molar-refractivity contribution in [2.45, 2.75) is 38.1 Å². The van der Waals surface area contributed by atoms with Gasteiger partial charge >= 0.3 is 12.1 Å². The van der Waals surface area contributed by atoms with Gasteiger partial charge in [0.05, 0.1) is 27.3 Å². The lowest BCUT2D eigenvalue weighted by Crippen LogP contribution is -2.75. The minimum Gasteiger partial charge on any atom is -0.497 e. The monoisotopic (exact) mass is 608 g/mol. The zero-order valence-electron chi connectivity index (χ0n) is 25.4. The fourth-order valence-electron chi connectivity index (χ4n) is 5.35. The van der Waals surface area contributed by atoms with Crippen molar-refractivity contribution >= 4 is 23.9 Å². The number of hydrazine groups is 1. The van der Waals surface area contributed by atoms with Crippen LogP contribution in [0.5, 0.6) is 11.5 Å². The van der Waals surface area contributed by atoms with E-state index in [0.29, 0.717) is 17.9 Å². The fourth-order valence-corrected chi connectivity index (χ4v) is 5.35. The average molecular weight is 609 g/mol. The molecule has 0 spiro atoms. The van der Waals surface area contributed by atoms with E-state index in [0.717, 1.165) is 11.1 Å². The third kappa shape index (κ3) is 7.78. The molecule has 0 unspecified atom stereocenters. The van der Waals surface area contributed by atoms with Crippen molar-refractivity contribution in [2.24, 2.45) is 0 Å². The lowest BCUT2D eigenvalue weighted by atomic mass is 10.0. The minimum atomic E-state index is -0.823. The van der Waals surface area contributed by atoms with Gasteiger partial charge in [0.1, 0.15) is 30.3 Å². The molecule has 2 saturated heterocycles. The molecule has 2 heterocycles. The Bertz CT molecular complexity index is 1320. The second-order valence-electron chi connectivity index (χ2n) is 10.5. The van der Waals surface area contributed by atoms with E-state index >= 15 is 0 Å². The third-order valence-corrected chi connectivity index (χ3v) is 7.54. The molecular weight excluding hydrogens is 568 g/mol. The van der Waals surface area contributed by atoms with Crippen molar-refractivity contribution in [1.82, 2.24) is 30.5 Å². The summed E-state index contributed by atoms with van der Waals surface area (Å²) in [6, 6.07) is 13.5. The summed E-state index contributed by atoms with van der Waals surface area (Å²) < 4.78 is 15.4. The van der Waals surface area contributed by atoms with E-state index in [-0.39, 0.29) is 57.6 Å². The van der Waals surface area contributed by atoms with E-state index in [1.807, 2.05) is 48.5 Å². The molecule has 2 N–H and O–H groups in total. The van der Waals surface area contributed by atoms with E-state index in [4.69, 9.17) is 14.2 Å². The van der Waals surface area contributed by atoms with Crippen LogP contribution in [-0.2, 0) is 27.4 Å². The molecule has 0 saturated carbocycles. The van der Waals surface area contributed by atoms with Gasteiger partial charge in [-0.1, -0.05) is 36.9 Å². The van der Waals surface area contributed by atoms with E-state index in [2.05, 4.69) is 17.2 Å². The number of piperazine rings is 1. The van der Waals surface area contributed by atoms with Gasteiger partial charge in [-0.2, -0.15) is 0 Å². The lowest BCUT2D eigenvalue weighted by molar-refractivity contribution is -0.188. The number of urea groups is 1. The van der Waals surface area contributed by atoms with E-state index in [1.54, 1.807) is 31.2 Å². The van der Waals surface area contributed by atoms with Gasteiger partial charge in [-0.05, 0) is 48.2 Å². The maximum absolute atomic E-state index is 13.9. The van der Waals surface area contributed by atoms with Crippen molar-refractivity contribution in [1.29, 1.82) is 0 Å². The van der Waals surface area contributed by atoms with Crippen LogP contribution in [0, 0.1) is 0 Å². The van der Waals surface area contributed by atoms with Crippen molar-refractivity contribution in [3.8, 4) is 11.5 Å². The van der Waals surface area contributed by atoms with Gasteiger partial charge in [0.2, 0.25) is 11.8 Å². The molecule has 2 fully saturated rings. The summed E-state index contributed by atoms with van der Waals surface area (Å²) in [5.41, 5.74) is 1.76. The van der Waals surface area contributed by atoms with Crippen LogP contribution in [0.1, 0.15) is 24.0 Å². The maximum Gasteiger partial charge on any atom is 0.407 e. The van der Waals surface area contributed by atoms with Gasteiger partial charge in [-0.15, -0.1) is 0 Å². The Hall–Kier alpha value is -4.78. The van der Waals surface area contributed by atoms with Crippen LogP contribution in [0.15, 0.2) is 61.2 Å². The van der Waals surface area contributed by atoms with Gasteiger partial charge < -0.3 is 34.6 Å². The molecule has 4 rings (SSSR count). The Kier molecular flexibility index (Phi) is 11.0. The number of methoxy groups -OCH3 is 2. The van der Waals surface area contributed by atoms with Crippen LogP contribution in [0.4, 0.5) is 9.59 Å². The van der Waals surface area contributed by atoms with Crippen molar-refractivity contribution < 1.29 is 33.4 Å². The molecule has 0 aromatic heterocycles. The number of nitrogens with zero attached hydrogens (tertiary/aromatic N) is 4.